The minimum atomic E-state index is -1.54. The van der Waals surface area contributed by atoms with Crippen LogP contribution in [0.2, 0.25) is 0 Å². The Morgan fingerprint density at radius 3 is 2.55 bits per heavy atom. The van der Waals surface area contributed by atoms with Crippen molar-refractivity contribution in [3.63, 3.8) is 0 Å². The van der Waals surface area contributed by atoms with Gasteiger partial charge in [-0.05, 0) is 12.1 Å². The van der Waals surface area contributed by atoms with Gasteiger partial charge < -0.3 is 30.5 Å². The first-order chi connectivity index (χ1) is 14.0. The molecule has 2 aromatic heterocycles. The van der Waals surface area contributed by atoms with Gasteiger partial charge in [-0.25, -0.2) is 15.0 Å². The number of benzene rings is 1. The number of carbonyl (C=O) groups excluding carboxylic acids is 1. The summed E-state index contributed by atoms with van der Waals surface area (Å²) in [6.45, 7) is -0.554. The van der Waals surface area contributed by atoms with E-state index in [9.17, 15) is 25.2 Å². The van der Waals surface area contributed by atoms with Crippen molar-refractivity contribution < 1.29 is 30.0 Å². The van der Waals surface area contributed by atoms with Crippen LogP contribution in [0.4, 0.5) is 5.82 Å². The van der Waals surface area contributed by atoms with Crippen molar-refractivity contribution in [2.24, 2.45) is 0 Å². The highest BCUT2D eigenvalue weighted by molar-refractivity contribution is 6.06. The number of nitrogens with zero attached hydrogens (tertiary/aromatic N) is 4. The molecule has 1 aliphatic rings. The minimum absolute atomic E-state index is 0.159. The summed E-state index contributed by atoms with van der Waals surface area (Å²) < 4.78 is 6.88. The number of imidazole rings is 1. The van der Waals surface area contributed by atoms with Crippen LogP contribution < -0.4 is 5.32 Å². The van der Waals surface area contributed by atoms with Gasteiger partial charge in [-0.15, -0.1) is 0 Å². The zero-order valence-electron chi connectivity index (χ0n) is 15.0. The fraction of sp³-hybridized carbons (Fsp3) is 0.333. The molecule has 1 fully saturated rings. The molecule has 1 aromatic carbocycles. The van der Waals surface area contributed by atoms with E-state index in [-0.39, 0.29) is 22.9 Å². The first-order valence-corrected chi connectivity index (χ1v) is 8.85. The number of anilines is 1. The summed E-state index contributed by atoms with van der Waals surface area (Å²) in [4.78, 5) is 24.8. The van der Waals surface area contributed by atoms with E-state index < -0.39 is 37.3 Å². The Labute approximate surface area is 164 Å². The van der Waals surface area contributed by atoms with E-state index in [0.717, 1.165) is 0 Å². The molecule has 0 aliphatic carbocycles. The summed E-state index contributed by atoms with van der Waals surface area (Å²) in [7, 11) is 0. The molecule has 3 heterocycles. The molecular weight excluding hydrogens is 391 g/mol. The molecule has 0 unspecified atom stereocenters. The Morgan fingerprint density at radius 2 is 1.83 bits per heavy atom. The van der Waals surface area contributed by atoms with Crippen molar-refractivity contribution in [1.29, 1.82) is 0 Å². The van der Waals surface area contributed by atoms with Gasteiger partial charge in [-0.2, -0.15) is 0 Å². The van der Waals surface area contributed by atoms with Crippen molar-refractivity contribution in [2.75, 3.05) is 11.9 Å². The fourth-order valence-corrected chi connectivity index (χ4v) is 3.21. The number of hydrogen-bond donors (Lipinski definition) is 5. The van der Waals surface area contributed by atoms with Gasteiger partial charge in [0.05, 0.1) is 12.9 Å². The van der Waals surface area contributed by atoms with Crippen LogP contribution in [0.5, 0.6) is 0 Å². The molecule has 0 saturated carbocycles. The third kappa shape index (κ3) is 3.45. The zero-order valence-corrected chi connectivity index (χ0v) is 15.0. The molecule has 0 radical (unpaired) electrons. The molecule has 0 spiro atoms. The fourth-order valence-electron chi connectivity index (χ4n) is 3.21. The molecule has 152 valence electrons. The highest BCUT2D eigenvalue weighted by Crippen LogP contribution is 2.31. The molecule has 29 heavy (non-hydrogen) atoms. The minimum Gasteiger partial charge on any atom is -0.394 e. The zero-order chi connectivity index (χ0) is 20.5. The van der Waals surface area contributed by atoms with Gasteiger partial charge in [0.15, 0.2) is 23.2 Å². The summed E-state index contributed by atoms with van der Waals surface area (Å²) in [6.07, 6.45) is -4.23. The number of ether oxygens (including phenoxy) is 1. The maximum Gasteiger partial charge on any atom is 0.256 e. The van der Waals surface area contributed by atoms with E-state index >= 15 is 0 Å². The lowest BCUT2D eigenvalue weighted by Gasteiger charge is -2.40. The third-order valence-electron chi connectivity index (χ3n) is 4.77. The topological polar surface area (TPSA) is 163 Å². The summed E-state index contributed by atoms with van der Waals surface area (Å²) >= 11 is 0. The normalized spacial score (nSPS) is 27.1. The highest BCUT2D eigenvalue weighted by Gasteiger charge is 2.44. The lowest BCUT2D eigenvalue weighted by molar-refractivity contribution is -0.250. The van der Waals surface area contributed by atoms with Crippen LogP contribution in [0.15, 0.2) is 43.0 Å². The van der Waals surface area contributed by atoms with E-state index in [1.54, 1.807) is 30.3 Å². The van der Waals surface area contributed by atoms with Gasteiger partial charge in [0.2, 0.25) is 0 Å². The second-order valence-corrected chi connectivity index (χ2v) is 6.59. The van der Waals surface area contributed by atoms with Crippen molar-refractivity contribution >= 4 is 22.9 Å². The molecule has 5 atom stereocenters. The molecule has 11 heteroatoms. The molecule has 1 amide bonds. The van der Waals surface area contributed by atoms with E-state index in [1.807, 2.05) is 0 Å². The maximum absolute atomic E-state index is 12.4. The van der Waals surface area contributed by atoms with Crippen molar-refractivity contribution in [3.8, 4) is 0 Å². The number of nitrogens with one attached hydrogen (secondary N) is 1. The Balaban J connectivity index is 1.66. The number of carbonyl (C=O) groups is 1. The van der Waals surface area contributed by atoms with Crippen molar-refractivity contribution in [2.45, 2.75) is 30.6 Å². The average Bonchev–Trinajstić information content (AvgIpc) is 3.18. The van der Waals surface area contributed by atoms with E-state index in [1.165, 1.54) is 17.2 Å². The molecule has 0 bridgehead atoms. The second-order valence-electron chi connectivity index (χ2n) is 6.59. The number of fused-ring (bicyclic) bond motifs is 1. The summed E-state index contributed by atoms with van der Waals surface area (Å²) in [5, 5.41) is 42.3. The van der Waals surface area contributed by atoms with Crippen LogP contribution in [0.3, 0.4) is 0 Å². The van der Waals surface area contributed by atoms with Crippen molar-refractivity contribution in [3.05, 3.63) is 48.5 Å². The number of aliphatic hydroxyl groups is 4. The summed E-state index contributed by atoms with van der Waals surface area (Å²) in [5.41, 5.74) is 0.911. The SMILES string of the molecule is O=C([15NH]c1ncnc2c1n[13cH][15n]2[13C@@H]1O[13C@H]([13CH2]O)[13C@@H](O)[13C@H](O)[13C@H]1O)c1ccccc1. The Hall–Kier alpha value is -2.96. The van der Waals surface area contributed by atoms with Gasteiger partial charge in [-0.1, -0.05) is 18.2 Å². The number of hydrogen-bond acceptors (Lipinski definition) is 9. The highest BCUT2D eigenvalue weighted by atomic mass is 16.8. The van der Waals surface area contributed by atoms with Gasteiger partial charge in [0.25, 0.3) is 5.91 Å². The van der Waals surface area contributed by atoms with E-state index in [4.69, 9.17) is 4.74 Å². The van der Waals surface area contributed by atoms with Gasteiger partial charge in [-0.3, -0.25) is 9.36 Å². The monoisotopic (exact) mass is 410 g/mol. The number of aromatic nitrogens is 4. The number of rotatable bonds is 4. The summed E-state index contributed by atoms with van der Waals surface area (Å²) in [6, 6.07) is 8.57. The van der Waals surface area contributed by atoms with Crippen LogP contribution in [-0.2, 0) is 4.74 Å². The smallest absolute Gasteiger partial charge is 0.256 e. The lowest BCUT2D eigenvalue weighted by Crippen LogP contribution is -2.56. The van der Waals surface area contributed by atoms with Crippen LogP contribution >= 0.6 is 0 Å². The lowest BCUT2D eigenvalue weighted by atomic mass is 10.2. The predicted octanol–water partition coefficient (Wildman–Crippen LogP) is -0.949. The molecule has 1 aliphatic heterocycles. The quantitative estimate of drug-likeness (QED) is 0.270. The first kappa shape index (κ1) is 19.4. The molecular formula is C18H19N5O6. The average molecular weight is 410 g/mol. The number of aliphatic hydroxyl groups excluding tert-OH is 4. The largest absolute Gasteiger partial charge is 0.394 e. The Kier molecular flexibility index (Phi) is 5.22. The maximum atomic E-state index is 12.4. The third-order valence-corrected chi connectivity index (χ3v) is 4.77. The van der Waals surface area contributed by atoms with E-state index in [2.05, 4.69) is 20.3 Å². The standard InChI is InChI=1S/C18H19N5O6/c24-6-10-12(25)13(26)14(27)18(29-10)23-8-21-11-15(19-7-20-16(11)23)22-17(28)9-4-2-1-3-5-9/h1-5,7-8,10,12-14,18,24-27H,6H2,(H,19,20,22,28)/t10-,12-,13+,14-,18-/m1/s1/i6+1,8+1,10+1,12+1,13+1,14+1,18+1,22+1,23+1. The van der Waals surface area contributed by atoms with Crippen LogP contribution in [0.25, 0.3) is 11.2 Å². The van der Waals surface area contributed by atoms with Gasteiger partial charge in [0, 0.05) is 5.56 Å². The molecule has 4 rings (SSSR count). The van der Waals surface area contributed by atoms with E-state index in [0.29, 0.717) is 5.56 Å². The Bertz CT molecular complexity index is 1010. The van der Waals surface area contributed by atoms with Crippen molar-refractivity contribution in [1.82, 2.24) is 19.5 Å². The van der Waals surface area contributed by atoms with Gasteiger partial charge >= 0.3 is 0 Å². The Morgan fingerprint density at radius 1 is 1.07 bits per heavy atom. The first-order valence-electron chi connectivity index (χ1n) is 8.85. The number of amides is 1. The molecule has 5 N–H and O–H groups in total. The van der Waals surface area contributed by atoms with Crippen LogP contribution in [0.1, 0.15) is 16.6 Å². The predicted molar refractivity (Wildman–Crippen MR) is 98.7 cm³/mol. The molecule has 1 saturated heterocycles. The second kappa shape index (κ2) is 7.81. The molecule has 3 aromatic rings. The molecule has 11 nitrogen and oxygen atoms in total. The summed E-state index contributed by atoms with van der Waals surface area (Å²) in [5.74, 6) is -0.222. The van der Waals surface area contributed by atoms with Gasteiger partial charge in [0.1, 0.15) is 30.7 Å². The van der Waals surface area contributed by atoms with Crippen LogP contribution in [0, 0.1) is 0 Å². The van der Waals surface area contributed by atoms with Crippen LogP contribution in [-0.4, -0.2) is 76.9 Å².